The van der Waals surface area contributed by atoms with Crippen LogP contribution >= 0.6 is 0 Å². The van der Waals surface area contributed by atoms with Crippen molar-refractivity contribution in [3.05, 3.63) is 66.5 Å². The Morgan fingerprint density at radius 3 is 2.50 bits per heavy atom. The van der Waals surface area contributed by atoms with Crippen LogP contribution in [-0.4, -0.2) is 6.61 Å². The fourth-order valence-electron chi connectivity index (χ4n) is 2.98. The molecule has 0 aliphatic rings. The summed E-state index contributed by atoms with van der Waals surface area (Å²) in [6.07, 6.45) is 4.60. The van der Waals surface area contributed by atoms with Gasteiger partial charge >= 0.3 is 0 Å². The van der Waals surface area contributed by atoms with Gasteiger partial charge in [-0.05, 0) is 34.9 Å². The van der Waals surface area contributed by atoms with Crippen LogP contribution in [0.25, 0.3) is 21.9 Å². The number of hydrogen-bond donors (Lipinski definition) is 0. The SMILES string of the molecule is CCCCCCOc1ccc(-c2cccc3ccccc23)c(F)c1. The van der Waals surface area contributed by atoms with Crippen LogP contribution in [0.5, 0.6) is 5.75 Å². The summed E-state index contributed by atoms with van der Waals surface area (Å²) in [7, 11) is 0. The number of fused-ring (bicyclic) bond motifs is 1. The highest BCUT2D eigenvalue weighted by atomic mass is 19.1. The van der Waals surface area contributed by atoms with Crippen LogP contribution in [0, 0.1) is 5.82 Å². The molecule has 0 saturated heterocycles. The molecule has 0 aromatic heterocycles. The van der Waals surface area contributed by atoms with Crippen molar-refractivity contribution in [1.82, 2.24) is 0 Å². The lowest BCUT2D eigenvalue weighted by molar-refractivity contribution is 0.303. The van der Waals surface area contributed by atoms with Gasteiger partial charge in [-0.3, -0.25) is 0 Å². The molecule has 3 aromatic carbocycles. The van der Waals surface area contributed by atoms with Gasteiger partial charge in [0.2, 0.25) is 0 Å². The maximum absolute atomic E-state index is 14.6. The zero-order valence-corrected chi connectivity index (χ0v) is 14.1. The van der Waals surface area contributed by atoms with Crippen LogP contribution in [0.15, 0.2) is 60.7 Å². The highest BCUT2D eigenvalue weighted by molar-refractivity contribution is 5.96. The molecule has 1 nitrogen and oxygen atoms in total. The molecule has 0 unspecified atom stereocenters. The van der Waals surface area contributed by atoms with Crippen LogP contribution in [0.4, 0.5) is 4.39 Å². The summed E-state index contributed by atoms with van der Waals surface area (Å²) in [4.78, 5) is 0. The summed E-state index contributed by atoms with van der Waals surface area (Å²) >= 11 is 0. The lowest BCUT2D eigenvalue weighted by Gasteiger charge is -2.10. The summed E-state index contributed by atoms with van der Waals surface area (Å²) in [5.74, 6) is 0.366. The van der Waals surface area contributed by atoms with Gasteiger partial charge in [-0.15, -0.1) is 0 Å². The molecule has 0 aliphatic heterocycles. The molecule has 3 aromatic rings. The Morgan fingerprint density at radius 1 is 0.833 bits per heavy atom. The second-order valence-electron chi connectivity index (χ2n) is 6.08. The Labute approximate surface area is 143 Å². The minimum Gasteiger partial charge on any atom is -0.493 e. The molecule has 2 heteroatoms. The number of benzene rings is 3. The van der Waals surface area contributed by atoms with Crippen molar-refractivity contribution in [1.29, 1.82) is 0 Å². The molecular weight excluding hydrogens is 299 g/mol. The molecule has 124 valence electrons. The van der Waals surface area contributed by atoms with E-state index in [-0.39, 0.29) is 5.82 Å². The van der Waals surface area contributed by atoms with E-state index in [1.54, 1.807) is 0 Å². The Hall–Kier alpha value is -2.35. The third-order valence-electron chi connectivity index (χ3n) is 4.29. The second kappa shape index (κ2) is 7.96. The molecule has 0 aliphatic carbocycles. The van der Waals surface area contributed by atoms with Gasteiger partial charge in [0, 0.05) is 11.6 Å². The number of unbranched alkanes of at least 4 members (excludes halogenated alkanes) is 3. The third kappa shape index (κ3) is 3.76. The summed E-state index contributed by atoms with van der Waals surface area (Å²) in [6, 6.07) is 19.2. The van der Waals surface area contributed by atoms with Gasteiger partial charge in [-0.25, -0.2) is 4.39 Å². The highest BCUT2D eigenvalue weighted by Gasteiger charge is 2.09. The zero-order valence-electron chi connectivity index (χ0n) is 14.1. The summed E-state index contributed by atoms with van der Waals surface area (Å²) in [5.41, 5.74) is 1.53. The number of ether oxygens (including phenoxy) is 1. The van der Waals surface area contributed by atoms with Crippen molar-refractivity contribution >= 4 is 10.8 Å². The van der Waals surface area contributed by atoms with Crippen molar-refractivity contribution in [3.8, 4) is 16.9 Å². The van der Waals surface area contributed by atoms with Gasteiger partial charge in [0.1, 0.15) is 11.6 Å². The highest BCUT2D eigenvalue weighted by Crippen LogP contribution is 2.32. The fourth-order valence-corrected chi connectivity index (χ4v) is 2.98. The largest absolute Gasteiger partial charge is 0.493 e. The van der Waals surface area contributed by atoms with Gasteiger partial charge in [-0.1, -0.05) is 68.7 Å². The van der Waals surface area contributed by atoms with Crippen molar-refractivity contribution in [3.63, 3.8) is 0 Å². The lowest BCUT2D eigenvalue weighted by atomic mass is 9.98. The van der Waals surface area contributed by atoms with E-state index in [4.69, 9.17) is 4.74 Å². The topological polar surface area (TPSA) is 9.23 Å². The van der Waals surface area contributed by atoms with E-state index in [0.29, 0.717) is 17.9 Å². The van der Waals surface area contributed by atoms with E-state index in [0.717, 1.165) is 29.2 Å². The monoisotopic (exact) mass is 322 g/mol. The minimum absolute atomic E-state index is 0.239. The predicted octanol–water partition coefficient (Wildman–Crippen LogP) is 6.61. The average molecular weight is 322 g/mol. The third-order valence-corrected chi connectivity index (χ3v) is 4.29. The number of hydrogen-bond acceptors (Lipinski definition) is 1. The van der Waals surface area contributed by atoms with Gasteiger partial charge in [-0.2, -0.15) is 0 Å². The van der Waals surface area contributed by atoms with Crippen molar-refractivity contribution in [2.75, 3.05) is 6.61 Å². The first kappa shape index (κ1) is 16.5. The summed E-state index contributed by atoms with van der Waals surface area (Å²) in [5, 5.41) is 2.18. The van der Waals surface area contributed by atoms with Crippen molar-refractivity contribution in [2.45, 2.75) is 32.6 Å². The second-order valence-corrected chi connectivity index (χ2v) is 6.08. The van der Waals surface area contributed by atoms with E-state index in [2.05, 4.69) is 6.92 Å². The quantitative estimate of drug-likeness (QED) is 0.445. The van der Waals surface area contributed by atoms with Gasteiger partial charge in [0.25, 0.3) is 0 Å². The number of rotatable bonds is 7. The van der Waals surface area contributed by atoms with E-state index in [1.165, 1.54) is 18.9 Å². The molecule has 0 amide bonds. The molecule has 0 heterocycles. The Morgan fingerprint density at radius 2 is 1.67 bits per heavy atom. The first-order valence-electron chi connectivity index (χ1n) is 8.70. The molecule has 0 spiro atoms. The Kier molecular flexibility index (Phi) is 5.47. The van der Waals surface area contributed by atoms with Gasteiger partial charge < -0.3 is 4.74 Å². The number of halogens is 1. The van der Waals surface area contributed by atoms with Crippen molar-refractivity contribution in [2.24, 2.45) is 0 Å². The fraction of sp³-hybridized carbons (Fsp3) is 0.273. The van der Waals surface area contributed by atoms with Crippen molar-refractivity contribution < 1.29 is 9.13 Å². The normalized spacial score (nSPS) is 10.9. The van der Waals surface area contributed by atoms with Crippen LogP contribution in [0.2, 0.25) is 0 Å². The maximum atomic E-state index is 14.6. The van der Waals surface area contributed by atoms with E-state index >= 15 is 0 Å². The zero-order chi connectivity index (χ0) is 16.8. The molecule has 0 N–H and O–H groups in total. The van der Waals surface area contributed by atoms with Crippen LogP contribution < -0.4 is 4.74 Å². The Bertz CT molecular complexity index is 805. The summed E-state index contributed by atoms with van der Waals surface area (Å²) < 4.78 is 20.3. The average Bonchev–Trinajstić information content (AvgIpc) is 2.61. The molecule has 0 bridgehead atoms. The van der Waals surface area contributed by atoms with E-state index in [1.807, 2.05) is 54.6 Å². The standard InChI is InChI=1S/C22H23FO/c1-2-3-4-7-15-24-18-13-14-21(22(23)16-18)20-12-8-10-17-9-5-6-11-19(17)20/h5-6,8-14,16H,2-4,7,15H2,1H3. The molecular formula is C22H23FO. The molecule has 0 saturated carbocycles. The summed E-state index contributed by atoms with van der Waals surface area (Å²) in [6.45, 7) is 2.83. The first-order valence-corrected chi connectivity index (χ1v) is 8.70. The maximum Gasteiger partial charge on any atom is 0.134 e. The molecule has 24 heavy (non-hydrogen) atoms. The molecule has 0 fully saturated rings. The Balaban J connectivity index is 1.79. The minimum atomic E-state index is -0.239. The van der Waals surface area contributed by atoms with E-state index in [9.17, 15) is 4.39 Å². The predicted molar refractivity (Wildman–Crippen MR) is 99.0 cm³/mol. The lowest BCUT2D eigenvalue weighted by Crippen LogP contribution is -1.98. The molecule has 0 radical (unpaired) electrons. The van der Waals surface area contributed by atoms with Crippen LogP contribution in [0.3, 0.4) is 0 Å². The first-order chi connectivity index (χ1) is 11.8. The van der Waals surface area contributed by atoms with Gasteiger partial charge in [0.15, 0.2) is 0 Å². The molecule has 0 atom stereocenters. The van der Waals surface area contributed by atoms with Crippen LogP contribution in [-0.2, 0) is 0 Å². The van der Waals surface area contributed by atoms with E-state index < -0.39 is 0 Å². The van der Waals surface area contributed by atoms with Gasteiger partial charge in [0.05, 0.1) is 6.61 Å². The van der Waals surface area contributed by atoms with Crippen LogP contribution in [0.1, 0.15) is 32.6 Å². The molecule has 3 rings (SSSR count). The smallest absolute Gasteiger partial charge is 0.134 e.